The van der Waals surface area contributed by atoms with E-state index in [1.807, 2.05) is 11.8 Å². The van der Waals surface area contributed by atoms with Gasteiger partial charge in [0.25, 0.3) is 0 Å². The van der Waals surface area contributed by atoms with Crippen LogP contribution < -0.4 is 25.8 Å². The number of amides is 1. The van der Waals surface area contributed by atoms with Crippen LogP contribution in [0.4, 0.5) is 29.3 Å². The smallest absolute Gasteiger partial charge is 0.416 e. The van der Waals surface area contributed by atoms with Gasteiger partial charge >= 0.3 is 6.18 Å². The third-order valence-electron chi connectivity index (χ3n) is 7.07. The Hall–Kier alpha value is -3.87. The Morgan fingerprint density at radius 3 is 2.45 bits per heavy atom. The topological polar surface area (TPSA) is 120 Å². The molecule has 0 bridgehead atoms. The van der Waals surface area contributed by atoms with Crippen molar-refractivity contribution in [2.24, 2.45) is 5.73 Å². The van der Waals surface area contributed by atoms with Crippen LogP contribution in [0.5, 0.6) is 11.5 Å². The lowest BCUT2D eigenvalue weighted by molar-refractivity contribution is -0.137. The molecular weight excluding hydrogens is 532 g/mol. The van der Waals surface area contributed by atoms with Crippen molar-refractivity contribution in [2.45, 2.75) is 44.4 Å². The molecule has 2 aromatic carbocycles. The van der Waals surface area contributed by atoms with Crippen LogP contribution in [0.15, 0.2) is 30.3 Å². The summed E-state index contributed by atoms with van der Waals surface area (Å²) in [7, 11) is 2.72. The number of carbonyl (C=O) groups excluding carboxylic acids is 1. The molecule has 0 saturated carbocycles. The van der Waals surface area contributed by atoms with E-state index in [4.69, 9.17) is 20.9 Å². The highest BCUT2D eigenvalue weighted by Gasteiger charge is 2.33. The van der Waals surface area contributed by atoms with Gasteiger partial charge in [-0.1, -0.05) is 25.5 Å². The van der Waals surface area contributed by atoms with Crippen LogP contribution in [0, 0.1) is 5.82 Å². The van der Waals surface area contributed by atoms with Crippen LogP contribution in [0.3, 0.4) is 0 Å². The summed E-state index contributed by atoms with van der Waals surface area (Å²) in [5, 5.41) is 0.289. The fourth-order valence-corrected chi connectivity index (χ4v) is 4.95. The minimum absolute atomic E-state index is 0.00332. The number of nitrogens with two attached hydrogens (primary N) is 2. The summed E-state index contributed by atoms with van der Waals surface area (Å²) in [6.07, 6.45) is -3.01. The van der Waals surface area contributed by atoms with Crippen molar-refractivity contribution in [1.29, 1.82) is 0 Å². The van der Waals surface area contributed by atoms with Crippen molar-refractivity contribution in [3.63, 3.8) is 0 Å². The number of hydrogen-bond acceptors (Lipinski definition) is 8. The maximum Gasteiger partial charge on any atom is 0.416 e. The Kier molecular flexibility index (Phi) is 8.52. The van der Waals surface area contributed by atoms with E-state index >= 15 is 4.39 Å². The maximum atomic E-state index is 15.3. The zero-order valence-electron chi connectivity index (χ0n) is 22.5. The molecule has 0 radical (unpaired) electrons. The van der Waals surface area contributed by atoms with Gasteiger partial charge in [0.15, 0.2) is 17.3 Å². The van der Waals surface area contributed by atoms with Crippen LogP contribution in [0.2, 0.25) is 0 Å². The van der Waals surface area contributed by atoms with Gasteiger partial charge in [0.1, 0.15) is 11.3 Å². The average Bonchev–Trinajstić information content (AvgIpc) is 2.92. The number of piperazine rings is 1. The monoisotopic (exact) mass is 564 g/mol. The number of anilines is 2. The second-order valence-corrected chi connectivity index (χ2v) is 9.64. The number of alkyl halides is 3. The zero-order valence-corrected chi connectivity index (χ0v) is 22.5. The normalized spacial score (nSPS) is 16.8. The molecule has 13 heteroatoms. The molecule has 1 fully saturated rings. The second kappa shape index (κ2) is 11.7. The highest BCUT2D eigenvalue weighted by Crippen LogP contribution is 2.38. The lowest BCUT2D eigenvalue weighted by Crippen LogP contribution is -2.55. The molecule has 1 aliphatic heterocycles. The SMILES string of the molecule is CCCC1CN(C(=O)CC(N)c2ccc(C(F)(F)F)cc2)CCN1c1nc(N)c2cc(OC)c(OC)c(F)c2n1. The van der Waals surface area contributed by atoms with Crippen molar-refractivity contribution in [3.8, 4) is 11.5 Å². The van der Waals surface area contributed by atoms with Crippen LogP contribution >= 0.6 is 0 Å². The molecule has 1 aliphatic rings. The number of nitrogen functional groups attached to an aromatic ring is 1. The number of methoxy groups -OCH3 is 2. The van der Waals surface area contributed by atoms with E-state index in [1.54, 1.807) is 4.90 Å². The highest BCUT2D eigenvalue weighted by molar-refractivity contribution is 5.92. The molecule has 4 rings (SSSR count). The summed E-state index contributed by atoms with van der Waals surface area (Å²) in [6.45, 7) is 3.05. The van der Waals surface area contributed by atoms with Gasteiger partial charge in [-0.3, -0.25) is 4.79 Å². The third kappa shape index (κ3) is 5.83. The van der Waals surface area contributed by atoms with Crippen LogP contribution in [0.25, 0.3) is 10.9 Å². The first kappa shape index (κ1) is 29.1. The number of nitrogens with zero attached hydrogens (tertiary/aromatic N) is 4. The first-order valence-electron chi connectivity index (χ1n) is 12.8. The van der Waals surface area contributed by atoms with E-state index in [9.17, 15) is 18.0 Å². The number of aromatic nitrogens is 2. The van der Waals surface area contributed by atoms with Crippen LogP contribution in [-0.2, 0) is 11.0 Å². The minimum atomic E-state index is -4.45. The molecular formula is C27H32F4N6O3. The Morgan fingerprint density at radius 1 is 1.15 bits per heavy atom. The van der Waals surface area contributed by atoms with E-state index in [0.29, 0.717) is 31.6 Å². The molecule has 0 spiro atoms. The molecule has 9 nitrogen and oxygen atoms in total. The Bertz CT molecular complexity index is 1370. The third-order valence-corrected chi connectivity index (χ3v) is 7.07. The van der Waals surface area contributed by atoms with E-state index < -0.39 is 23.6 Å². The fourth-order valence-electron chi connectivity index (χ4n) is 4.95. The molecule has 1 amide bonds. The lowest BCUT2D eigenvalue weighted by atomic mass is 10.0. The number of carbonyl (C=O) groups is 1. The van der Waals surface area contributed by atoms with Gasteiger partial charge in [-0.25, -0.2) is 9.37 Å². The molecule has 40 heavy (non-hydrogen) atoms. The quantitative estimate of drug-likeness (QED) is 0.389. The maximum absolute atomic E-state index is 15.3. The fraction of sp³-hybridized carbons (Fsp3) is 0.444. The van der Waals surface area contributed by atoms with Crippen LogP contribution in [-0.4, -0.2) is 60.7 Å². The lowest BCUT2D eigenvalue weighted by Gasteiger charge is -2.42. The van der Waals surface area contributed by atoms with Crippen LogP contribution in [0.1, 0.15) is 43.4 Å². The zero-order chi connectivity index (χ0) is 29.2. The molecule has 216 valence electrons. The van der Waals surface area contributed by atoms with Gasteiger partial charge in [-0.2, -0.15) is 18.2 Å². The molecule has 3 aromatic rings. The van der Waals surface area contributed by atoms with E-state index in [1.165, 1.54) is 32.4 Å². The standard InChI is InChI=1S/C27H32F4N6O3/c1-4-5-17-14-36(21(38)13-19(32)15-6-8-16(9-7-15)27(29,30)31)10-11-37(17)26-34-23-18(25(33)35-26)12-20(39-2)24(40-3)22(23)28/h6-9,12,17,19H,4-5,10-11,13-14,32H2,1-3H3,(H2,33,34,35). The summed E-state index contributed by atoms with van der Waals surface area (Å²) in [5.41, 5.74) is 12.0. The van der Waals surface area contributed by atoms with Crippen molar-refractivity contribution >= 4 is 28.6 Å². The van der Waals surface area contributed by atoms with Crippen molar-refractivity contribution in [2.75, 3.05) is 44.5 Å². The van der Waals surface area contributed by atoms with E-state index in [0.717, 1.165) is 18.6 Å². The van der Waals surface area contributed by atoms with Gasteiger partial charge in [0, 0.05) is 43.5 Å². The minimum Gasteiger partial charge on any atom is -0.493 e. The van der Waals surface area contributed by atoms with Gasteiger partial charge in [-0.15, -0.1) is 0 Å². The summed E-state index contributed by atoms with van der Waals surface area (Å²) in [6, 6.07) is 5.10. The average molecular weight is 565 g/mol. The van der Waals surface area contributed by atoms with E-state index in [-0.39, 0.29) is 52.5 Å². The van der Waals surface area contributed by atoms with Gasteiger partial charge in [0.2, 0.25) is 11.9 Å². The van der Waals surface area contributed by atoms with Crippen molar-refractivity contribution in [1.82, 2.24) is 14.9 Å². The predicted octanol–water partition coefficient (Wildman–Crippen LogP) is 4.29. The van der Waals surface area contributed by atoms with Gasteiger partial charge < -0.3 is 30.7 Å². The number of benzene rings is 2. The number of rotatable bonds is 8. The highest BCUT2D eigenvalue weighted by atomic mass is 19.4. The second-order valence-electron chi connectivity index (χ2n) is 9.64. The Balaban J connectivity index is 1.52. The molecule has 1 saturated heterocycles. The molecule has 0 aliphatic carbocycles. The summed E-state index contributed by atoms with van der Waals surface area (Å²) >= 11 is 0. The Morgan fingerprint density at radius 2 is 1.85 bits per heavy atom. The molecule has 1 aromatic heterocycles. The number of halogens is 4. The molecule has 2 unspecified atom stereocenters. The number of ether oxygens (including phenoxy) is 2. The molecule has 2 atom stereocenters. The summed E-state index contributed by atoms with van der Waals surface area (Å²) in [5.74, 6) is -0.537. The van der Waals surface area contributed by atoms with E-state index in [2.05, 4.69) is 9.97 Å². The van der Waals surface area contributed by atoms with Gasteiger partial charge in [-0.05, 0) is 30.2 Å². The predicted molar refractivity (Wildman–Crippen MR) is 143 cm³/mol. The summed E-state index contributed by atoms with van der Waals surface area (Å²) < 4.78 is 64.3. The number of fused-ring (bicyclic) bond motifs is 1. The van der Waals surface area contributed by atoms with Crippen molar-refractivity contribution in [3.05, 3.63) is 47.3 Å². The largest absolute Gasteiger partial charge is 0.493 e. The number of hydrogen-bond donors (Lipinski definition) is 2. The molecule has 4 N–H and O–H groups in total. The summed E-state index contributed by atoms with van der Waals surface area (Å²) in [4.78, 5) is 25.6. The Labute approximate surface area is 229 Å². The first-order valence-corrected chi connectivity index (χ1v) is 12.8. The van der Waals surface area contributed by atoms with Gasteiger partial charge in [0.05, 0.1) is 19.8 Å². The van der Waals surface area contributed by atoms with Crippen molar-refractivity contribution < 1.29 is 31.8 Å². The molecule has 2 heterocycles. The first-order chi connectivity index (χ1) is 19.0.